The summed E-state index contributed by atoms with van der Waals surface area (Å²) in [6.45, 7) is 0.610. The van der Waals surface area contributed by atoms with Gasteiger partial charge in [0.05, 0.1) is 17.1 Å². The van der Waals surface area contributed by atoms with Crippen LogP contribution < -0.4 is 16.2 Å². The van der Waals surface area contributed by atoms with Gasteiger partial charge in [-0.3, -0.25) is 4.79 Å². The molecule has 1 heterocycles. The second kappa shape index (κ2) is 8.84. The summed E-state index contributed by atoms with van der Waals surface area (Å²) in [5.74, 6) is 0. The Labute approximate surface area is 161 Å². The first-order chi connectivity index (χ1) is 13.7. The van der Waals surface area contributed by atoms with Crippen molar-refractivity contribution in [3.63, 3.8) is 0 Å². The molecule has 7 heteroatoms. The summed E-state index contributed by atoms with van der Waals surface area (Å²) in [5.41, 5.74) is 3.63. The second-order valence-electron chi connectivity index (χ2n) is 5.83. The molecule has 136 valence electrons. The predicted octanol–water partition coefficient (Wildman–Crippen LogP) is 3.39. The Morgan fingerprint density at radius 2 is 1.82 bits per heavy atom. The van der Waals surface area contributed by atoms with E-state index in [-0.39, 0.29) is 11.1 Å². The van der Waals surface area contributed by atoms with Gasteiger partial charge in [0.15, 0.2) is 0 Å². The minimum atomic E-state index is -0.279. The first-order valence-electron chi connectivity index (χ1n) is 8.44. The predicted molar refractivity (Wildman–Crippen MR) is 107 cm³/mol. The maximum atomic E-state index is 11.2. The van der Waals surface area contributed by atoms with Gasteiger partial charge >= 0.3 is 0 Å². The average Bonchev–Trinajstić information content (AvgIpc) is 2.74. The van der Waals surface area contributed by atoms with Crippen molar-refractivity contribution >= 4 is 11.4 Å². The topological polar surface area (TPSA) is 117 Å². The van der Waals surface area contributed by atoms with Crippen LogP contribution in [0.5, 0.6) is 0 Å². The molecule has 0 atom stereocenters. The number of allylic oxidation sites excluding steroid dienone is 1. The fourth-order valence-corrected chi connectivity index (χ4v) is 2.52. The van der Waals surface area contributed by atoms with Gasteiger partial charge in [-0.1, -0.05) is 36.4 Å². The molecule has 3 aromatic rings. The number of nitriles is 2. The van der Waals surface area contributed by atoms with Gasteiger partial charge in [0.2, 0.25) is 0 Å². The van der Waals surface area contributed by atoms with Crippen LogP contribution in [0, 0.1) is 22.7 Å². The molecule has 0 spiro atoms. The van der Waals surface area contributed by atoms with Crippen molar-refractivity contribution in [1.82, 2.24) is 10.2 Å². The van der Waals surface area contributed by atoms with Crippen molar-refractivity contribution in [3.8, 4) is 23.4 Å². The normalized spacial score (nSPS) is 9.64. The van der Waals surface area contributed by atoms with Gasteiger partial charge in [-0.25, -0.2) is 5.10 Å². The number of hydrogen-bond donors (Lipinski definition) is 3. The SMILES string of the molecule is N#CC(C#N)=CNc1cc(-c2ccc(=O)[nH]n2)ccc1NCc1ccccc1. The Morgan fingerprint density at radius 3 is 2.50 bits per heavy atom. The molecule has 0 fully saturated rings. The highest BCUT2D eigenvalue weighted by Gasteiger charge is 2.07. The van der Waals surface area contributed by atoms with E-state index in [9.17, 15) is 4.79 Å². The number of benzene rings is 2. The fraction of sp³-hybridized carbons (Fsp3) is 0.0476. The van der Waals surface area contributed by atoms with Crippen LogP contribution >= 0.6 is 0 Å². The van der Waals surface area contributed by atoms with Crippen LogP contribution in [0.4, 0.5) is 11.4 Å². The summed E-state index contributed by atoms with van der Waals surface area (Å²) < 4.78 is 0. The Balaban J connectivity index is 1.92. The highest BCUT2D eigenvalue weighted by molar-refractivity contribution is 5.77. The van der Waals surface area contributed by atoms with Crippen molar-refractivity contribution < 1.29 is 0 Å². The van der Waals surface area contributed by atoms with Gasteiger partial charge in [0, 0.05) is 24.4 Å². The molecule has 0 bridgehead atoms. The summed E-state index contributed by atoms with van der Waals surface area (Å²) in [7, 11) is 0. The molecule has 0 amide bonds. The molecule has 0 unspecified atom stereocenters. The molecule has 0 radical (unpaired) electrons. The number of nitrogens with zero attached hydrogens (tertiary/aromatic N) is 3. The Morgan fingerprint density at radius 1 is 1.04 bits per heavy atom. The third-order valence-corrected chi connectivity index (χ3v) is 3.93. The summed E-state index contributed by atoms with van der Waals surface area (Å²) in [6.07, 6.45) is 1.35. The minimum absolute atomic E-state index is 0.0402. The van der Waals surface area contributed by atoms with E-state index in [0.29, 0.717) is 17.9 Å². The minimum Gasteiger partial charge on any atom is -0.379 e. The number of H-pyrrole nitrogens is 1. The van der Waals surface area contributed by atoms with Crippen LogP contribution in [-0.2, 0) is 6.54 Å². The van der Waals surface area contributed by atoms with E-state index in [4.69, 9.17) is 10.5 Å². The number of aromatic nitrogens is 2. The third-order valence-electron chi connectivity index (χ3n) is 3.93. The van der Waals surface area contributed by atoms with E-state index in [1.54, 1.807) is 6.07 Å². The number of aromatic amines is 1. The van der Waals surface area contributed by atoms with Crippen LogP contribution in [0.25, 0.3) is 11.3 Å². The van der Waals surface area contributed by atoms with E-state index in [0.717, 1.165) is 16.8 Å². The smallest absolute Gasteiger partial charge is 0.264 e. The molecule has 0 aliphatic carbocycles. The van der Waals surface area contributed by atoms with Gasteiger partial charge in [-0.15, -0.1) is 0 Å². The molecule has 2 aromatic carbocycles. The molecule has 0 aliphatic rings. The fourth-order valence-electron chi connectivity index (χ4n) is 2.52. The molecule has 28 heavy (non-hydrogen) atoms. The zero-order valence-corrected chi connectivity index (χ0v) is 14.8. The molecule has 7 nitrogen and oxygen atoms in total. The van der Waals surface area contributed by atoms with E-state index >= 15 is 0 Å². The first-order valence-corrected chi connectivity index (χ1v) is 8.44. The van der Waals surface area contributed by atoms with Crippen LogP contribution in [0.2, 0.25) is 0 Å². The van der Waals surface area contributed by atoms with Gasteiger partial charge in [-0.2, -0.15) is 15.6 Å². The molecule has 1 aromatic heterocycles. The second-order valence-corrected chi connectivity index (χ2v) is 5.83. The van der Waals surface area contributed by atoms with Crippen molar-refractivity contribution in [2.24, 2.45) is 0 Å². The maximum Gasteiger partial charge on any atom is 0.264 e. The van der Waals surface area contributed by atoms with E-state index < -0.39 is 0 Å². The van der Waals surface area contributed by atoms with Gasteiger partial charge in [0.1, 0.15) is 17.7 Å². The molecule has 0 saturated carbocycles. The Hall–Kier alpha value is -4.36. The molecule has 0 aliphatic heterocycles. The Bertz CT molecular complexity index is 1100. The lowest BCUT2D eigenvalue weighted by molar-refractivity contribution is 0.995. The summed E-state index contributed by atoms with van der Waals surface area (Å²) in [5, 5.41) is 30.7. The summed E-state index contributed by atoms with van der Waals surface area (Å²) in [4.78, 5) is 11.2. The standard InChI is InChI=1S/C21H16N6O/c22-11-16(12-23)14-25-20-10-17(18-8-9-21(28)27-26-18)6-7-19(20)24-13-15-4-2-1-3-5-15/h1-10,14,24-25H,13H2,(H,27,28). The molecular formula is C21H16N6O. The van der Waals surface area contributed by atoms with Gasteiger partial charge in [0.25, 0.3) is 5.56 Å². The largest absolute Gasteiger partial charge is 0.379 e. The van der Waals surface area contributed by atoms with Crippen LogP contribution in [-0.4, -0.2) is 10.2 Å². The summed E-state index contributed by atoms with van der Waals surface area (Å²) in [6, 6.07) is 22.2. The van der Waals surface area contributed by atoms with Gasteiger partial charge < -0.3 is 10.6 Å². The summed E-state index contributed by atoms with van der Waals surface area (Å²) >= 11 is 0. The van der Waals surface area contributed by atoms with E-state index in [2.05, 4.69) is 20.8 Å². The third kappa shape index (κ3) is 4.63. The van der Waals surface area contributed by atoms with Crippen LogP contribution in [0.3, 0.4) is 0 Å². The van der Waals surface area contributed by atoms with E-state index in [1.165, 1.54) is 12.3 Å². The van der Waals surface area contributed by atoms with E-state index in [1.807, 2.05) is 60.7 Å². The molecular weight excluding hydrogens is 352 g/mol. The zero-order chi connectivity index (χ0) is 19.8. The number of nitrogens with one attached hydrogen (secondary N) is 3. The number of hydrogen-bond acceptors (Lipinski definition) is 6. The van der Waals surface area contributed by atoms with Crippen molar-refractivity contribution in [1.29, 1.82) is 10.5 Å². The quantitative estimate of drug-likeness (QED) is 0.574. The molecule has 0 saturated heterocycles. The molecule has 3 N–H and O–H groups in total. The first kappa shape index (κ1) is 18.4. The molecule has 3 rings (SSSR count). The van der Waals surface area contributed by atoms with Crippen LogP contribution in [0.15, 0.2) is 77.2 Å². The van der Waals surface area contributed by atoms with Gasteiger partial charge in [-0.05, 0) is 23.8 Å². The average molecular weight is 368 g/mol. The highest BCUT2D eigenvalue weighted by atomic mass is 16.1. The van der Waals surface area contributed by atoms with Crippen LogP contribution in [0.1, 0.15) is 5.56 Å². The lowest BCUT2D eigenvalue weighted by Crippen LogP contribution is -2.06. The lowest BCUT2D eigenvalue weighted by atomic mass is 10.1. The number of rotatable bonds is 6. The maximum absolute atomic E-state index is 11.2. The Kier molecular flexibility index (Phi) is 5.82. The monoisotopic (exact) mass is 368 g/mol. The van der Waals surface area contributed by atoms with Crippen molar-refractivity contribution in [3.05, 3.63) is 88.4 Å². The van der Waals surface area contributed by atoms with Crippen molar-refractivity contribution in [2.45, 2.75) is 6.54 Å². The van der Waals surface area contributed by atoms with Crippen molar-refractivity contribution in [2.75, 3.05) is 10.6 Å². The zero-order valence-electron chi connectivity index (χ0n) is 14.8. The highest BCUT2D eigenvalue weighted by Crippen LogP contribution is 2.28. The number of anilines is 2. The lowest BCUT2D eigenvalue weighted by Gasteiger charge is -2.14.